The first kappa shape index (κ1) is 9.69. The van der Waals surface area contributed by atoms with Crippen LogP contribution in [0.2, 0.25) is 0 Å². The van der Waals surface area contributed by atoms with Crippen molar-refractivity contribution in [2.45, 2.75) is 38.8 Å². The third-order valence-electron chi connectivity index (χ3n) is 3.26. The van der Waals surface area contributed by atoms with Crippen molar-refractivity contribution in [2.24, 2.45) is 0 Å². The van der Waals surface area contributed by atoms with E-state index in [9.17, 15) is 5.21 Å². The highest BCUT2D eigenvalue weighted by Gasteiger charge is 2.49. The van der Waals surface area contributed by atoms with Crippen LogP contribution in [-0.2, 0) is 16.3 Å². The maximum absolute atomic E-state index is 12.1. The number of nitrogens with zero attached hydrogens (tertiary/aromatic N) is 1. The Morgan fingerprint density at radius 1 is 0.929 bits per heavy atom. The molecule has 0 amide bonds. The number of hydrogen-bond acceptors (Lipinski definition) is 1. The summed E-state index contributed by atoms with van der Waals surface area (Å²) in [4.78, 5) is 0. The van der Waals surface area contributed by atoms with Crippen LogP contribution in [0.25, 0.3) is 0 Å². The van der Waals surface area contributed by atoms with Gasteiger partial charge < -0.3 is 0 Å². The second-order valence-electron chi connectivity index (χ2n) is 4.96. The highest BCUT2D eigenvalue weighted by atomic mass is 16.5. The van der Waals surface area contributed by atoms with Crippen LogP contribution in [0.4, 0.5) is 0 Å². The molecule has 75 valence electrons. The van der Waals surface area contributed by atoms with Gasteiger partial charge in [-0.15, -0.1) is 10.3 Å². The molecule has 2 rings (SSSR count). The summed E-state index contributed by atoms with van der Waals surface area (Å²) >= 11 is 0. The van der Waals surface area contributed by atoms with Gasteiger partial charge >= 0.3 is 0 Å². The second-order valence-corrected chi connectivity index (χ2v) is 4.96. The monoisotopic (exact) mass is 190 g/mol. The van der Waals surface area contributed by atoms with Crippen molar-refractivity contribution >= 4 is 0 Å². The SMILES string of the molecule is CC1(C)c2ccccc2C(C)(C)N1[O]. The molecule has 0 spiro atoms. The zero-order valence-electron chi connectivity index (χ0n) is 9.16. The van der Waals surface area contributed by atoms with Crippen LogP contribution in [-0.4, -0.2) is 5.06 Å². The van der Waals surface area contributed by atoms with Crippen LogP contribution in [0.1, 0.15) is 38.8 Å². The minimum absolute atomic E-state index is 0.403. The van der Waals surface area contributed by atoms with Gasteiger partial charge in [-0.3, -0.25) is 0 Å². The smallest absolute Gasteiger partial charge is 0.0699 e. The number of hydrogen-bond donors (Lipinski definition) is 0. The van der Waals surface area contributed by atoms with Crippen molar-refractivity contribution in [3.05, 3.63) is 35.4 Å². The fourth-order valence-corrected chi connectivity index (χ4v) is 2.47. The third kappa shape index (κ3) is 0.983. The number of benzene rings is 1. The summed E-state index contributed by atoms with van der Waals surface area (Å²) in [5.41, 5.74) is 1.50. The van der Waals surface area contributed by atoms with E-state index < -0.39 is 11.1 Å². The standard InChI is InChI=1S/C12H16NO/c1-11(2)9-7-5-6-8-10(9)12(3,4)13(11)14/h5-8H,1-4H3. The summed E-state index contributed by atoms with van der Waals surface area (Å²) in [6.07, 6.45) is 0. The lowest BCUT2D eigenvalue weighted by Crippen LogP contribution is -2.41. The van der Waals surface area contributed by atoms with Crippen molar-refractivity contribution in [1.29, 1.82) is 0 Å². The topological polar surface area (TPSA) is 23.1 Å². The van der Waals surface area contributed by atoms with E-state index >= 15 is 0 Å². The van der Waals surface area contributed by atoms with Gasteiger partial charge in [0, 0.05) is 0 Å². The predicted molar refractivity (Wildman–Crippen MR) is 55.0 cm³/mol. The van der Waals surface area contributed by atoms with Crippen molar-refractivity contribution in [3.63, 3.8) is 0 Å². The van der Waals surface area contributed by atoms with E-state index in [4.69, 9.17) is 0 Å². The lowest BCUT2D eigenvalue weighted by atomic mass is 9.91. The van der Waals surface area contributed by atoms with Crippen LogP contribution < -0.4 is 0 Å². The number of hydroxylamine groups is 2. The van der Waals surface area contributed by atoms with E-state index in [1.54, 1.807) is 0 Å². The predicted octanol–water partition coefficient (Wildman–Crippen LogP) is 2.82. The molecule has 2 heteroatoms. The van der Waals surface area contributed by atoms with Crippen LogP contribution in [0, 0.1) is 0 Å². The lowest BCUT2D eigenvalue weighted by Gasteiger charge is -2.32. The molecule has 0 saturated carbocycles. The van der Waals surface area contributed by atoms with Gasteiger partial charge in [0.1, 0.15) is 0 Å². The molecule has 0 bridgehead atoms. The van der Waals surface area contributed by atoms with E-state index in [1.165, 1.54) is 5.06 Å². The summed E-state index contributed by atoms with van der Waals surface area (Å²) in [7, 11) is 0. The van der Waals surface area contributed by atoms with E-state index in [1.807, 2.05) is 39.8 Å². The molecular formula is C12H16NO. The minimum atomic E-state index is -0.403. The van der Waals surface area contributed by atoms with Gasteiger partial charge in [0.15, 0.2) is 0 Å². The Morgan fingerprint density at radius 3 is 1.64 bits per heavy atom. The summed E-state index contributed by atoms with van der Waals surface area (Å²) in [6.45, 7) is 7.92. The van der Waals surface area contributed by atoms with E-state index in [-0.39, 0.29) is 0 Å². The van der Waals surface area contributed by atoms with E-state index in [0.717, 1.165) is 11.1 Å². The van der Waals surface area contributed by atoms with Crippen molar-refractivity contribution in [2.75, 3.05) is 0 Å². The van der Waals surface area contributed by atoms with Gasteiger partial charge in [-0.25, -0.2) is 0 Å². The summed E-state index contributed by atoms with van der Waals surface area (Å²) < 4.78 is 0. The largest absolute Gasteiger partial charge is 0.135 e. The highest BCUT2D eigenvalue weighted by Crippen LogP contribution is 2.47. The van der Waals surface area contributed by atoms with Crippen molar-refractivity contribution in [1.82, 2.24) is 5.06 Å². The molecule has 0 atom stereocenters. The fourth-order valence-electron chi connectivity index (χ4n) is 2.47. The Hall–Kier alpha value is -0.860. The Bertz CT molecular complexity index is 333. The first-order valence-electron chi connectivity index (χ1n) is 4.96. The second kappa shape index (κ2) is 2.59. The fraction of sp³-hybridized carbons (Fsp3) is 0.500. The molecule has 1 aliphatic rings. The van der Waals surface area contributed by atoms with Gasteiger partial charge in [0.25, 0.3) is 0 Å². The molecule has 0 aromatic heterocycles. The van der Waals surface area contributed by atoms with Gasteiger partial charge in [-0.2, -0.15) is 0 Å². The van der Waals surface area contributed by atoms with Crippen molar-refractivity contribution in [3.8, 4) is 0 Å². The van der Waals surface area contributed by atoms with Gasteiger partial charge in [0.2, 0.25) is 0 Å². The third-order valence-corrected chi connectivity index (χ3v) is 3.26. The van der Waals surface area contributed by atoms with E-state index in [2.05, 4.69) is 12.1 Å². The molecule has 1 aliphatic heterocycles. The molecule has 0 fully saturated rings. The Labute approximate surface area is 85.1 Å². The maximum atomic E-state index is 12.1. The van der Waals surface area contributed by atoms with Gasteiger partial charge in [-0.1, -0.05) is 24.3 Å². The van der Waals surface area contributed by atoms with Crippen molar-refractivity contribution < 1.29 is 5.21 Å². The van der Waals surface area contributed by atoms with Gasteiger partial charge in [0.05, 0.1) is 11.1 Å². The zero-order chi connectivity index (χ0) is 10.6. The molecule has 1 heterocycles. The molecule has 1 aromatic rings. The molecule has 1 radical (unpaired) electrons. The number of fused-ring (bicyclic) bond motifs is 1. The Kier molecular flexibility index (Phi) is 1.79. The lowest BCUT2D eigenvalue weighted by molar-refractivity contribution is -0.266. The molecule has 2 nitrogen and oxygen atoms in total. The Morgan fingerprint density at radius 2 is 1.29 bits per heavy atom. The molecule has 14 heavy (non-hydrogen) atoms. The Balaban J connectivity index is 2.70. The molecular weight excluding hydrogens is 174 g/mol. The molecule has 0 aliphatic carbocycles. The van der Waals surface area contributed by atoms with E-state index in [0.29, 0.717) is 0 Å². The average molecular weight is 190 g/mol. The molecule has 0 N–H and O–H groups in total. The molecule has 0 saturated heterocycles. The first-order chi connectivity index (χ1) is 6.38. The summed E-state index contributed by atoms with van der Waals surface area (Å²) in [5.74, 6) is 0. The average Bonchev–Trinajstić information content (AvgIpc) is 2.28. The number of rotatable bonds is 0. The zero-order valence-corrected chi connectivity index (χ0v) is 9.16. The maximum Gasteiger partial charge on any atom is 0.0699 e. The van der Waals surface area contributed by atoms with Crippen LogP contribution in [0.5, 0.6) is 0 Å². The minimum Gasteiger partial charge on any atom is -0.135 e. The summed E-state index contributed by atoms with van der Waals surface area (Å²) in [6, 6.07) is 8.09. The van der Waals surface area contributed by atoms with Crippen LogP contribution in [0.15, 0.2) is 24.3 Å². The van der Waals surface area contributed by atoms with Gasteiger partial charge in [-0.05, 0) is 38.8 Å². The quantitative estimate of drug-likeness (QED) is 0.617. The highest BCUT2D eigenvalue weighted by molar-refractivity contribution is 5.42. The molecule has 1 aromatic carbocycles. The van der Waals surface area contributed by atoms with Crippen LogP contribution >= 0.6 is 0 Å². The van der Waals surface area contributed by atoms with Crippen LogP contribution in [0.3, 0.4) is 0 Å². The summed E-state index contributed by atoms with van der Waals surface area (Å²) in [5, 5.41) is 13.3. The molecule has 0 unspecified atom stereocenters. The first-order valence-corrected chi connectivity index (χ1v) is 4.96. The normalized spacial score (nSPS) is 23.5.